The fourth-order valence-corrected chi connectivity index (χ4v) is 2.22. The molecule has 0 aliphatic rings. The number of aliphatic hydroxyl groups is 6. The molecule has 0 saturated carbocycles. The van der Waals surface area contributed by atoms with Gasteiger partial charge in [0.05, 0.1) is 0 Å². The van der Waals surface area contributed by atoms with Gasteiger partial charge in [-0.1, -0.05) is 29.4 Å². The number of hydrogen-bond donors (Lipinski definition) is 6. The molecule has 0 heterocycles. The first kappa shape index (κ1) is 23.6. The molecule has 0 radical (unpaired) electrons. The Labute approximate surface area is 148 Å². The largest absolute Gasteiger partial charge is 0.340 e. The standard InChI is InChI=1S/C18H30O7/c1-13(9-5-11-15(3)19)7-4-8-14(2)10-6-12-16(17(20,21)22)18(23,24)25/h8-9,12,20-25H,4-7,10-11H2,1-3H3. The highest BCUT2D eigenvalue weighted by atomic mass is 16.7. The van der Waals surface area contributed by atoms with Crippen LogP contribution in [0.25, 0.3) is 0 Å². The summed E-state index contributed by atoms with van der Waals surface area (Å²) in [7, 11) is 0. The Bertz CT molecular complexity index is 501. The minimum atomic E-state index is -3.52. The molecule has 0 aliphatic heterocycles. The van der Waals surface area contributed by atoms with Crippen LogP contribution in [0.5, 0.6) is 0 Å². The van der Waals surface area contributed by atoms with Gasteiger partial charge in [-0.3, -0.25) is 0 Å². The van der Waals surface area contributed by atoms with E-state index in [0.29, 0.717) is 12.8 Å². The normalized spacial score (nSPS) is 13.8. The zero-order valence-electron chi connectivity index (χ0n) is 15.1. The van der Waals surface area contributed by atoms with Gasteiger partial charge >= 0.3 is 11.9 Å². The quantitative estimate of drug-likeness (QED) is 0.239. The van der Waals surface area contributed by atoms with Crippen LogP contribution in [0.15, 0.2) is 34.9 Å². The monoisotopic (exact) mass is 358 g/mol. The van der Waals surface area contributed by atoms with E-state index in [9.17, 15) is 4.79 Å². The Kier molecular flexibility index (Phi) is 10.0. The molecule has 7 heteroatoms. The molecule has 0 saturated heterocycles. The van der Waals surface area contributed by atoms with E-state index in [1.165, 1.54) is 5.57 Å². The molecule has 0 bridgehead atoms. The molecule has 144 valence electrons. The zero-order valence-corrected chi connectivity index (χ0v) is 15.1. The summed E-state index contributed by atoms with van der Waals surface area (Å²) in [4.78, 5) is 10.9. The van der Waals surface area contributed by atoms with Crippen LogP contribution in [0.2, 0.25) is 0 Å². The van der Waals surface area contributed by atoms with E-state index in [0.717, 1.165) is 30.9 Å². The van der Waals surface area contributed by atoms with E-state index in [1.54, 1.807) is 6.92 Å². The molecule has 0 atom stereocenters. The van der Waals surface area contributed by atoms with E-state index in [2.05, 4.69) is 0 Å². The van der Waals surface area contributed by atoms with Crippen molar-refractivity contribution < 1.29 is 35.4 Å². The summed E-state index contributed by atoms with van der Waals surface area (Å²) in [5.41, 5.74) is 1.08. The zero-order chi connectivity index (χ0) is 19.7. The predicted molar refractivity (Wildman–Crippen MR) is 92.8 cm³/mol. The number of carbonyl (C=O) groups is 1. The Morgan fingerprint density at radius 3 is 1.40 bits per heavy atom. The van der Waals surface area contributed by atoms with Crippen LogP contribution in [0, 0.1) is 0 Å². The first-order chi connectivity index (χ1) is 11.3. The maximum atomic E-state index is 10.9. The molecule has 0 aromatic rings. The number of Topliss-reactive ketones (excluding diaryl/α,β-unsaturated/α-hetero) is 1. The van der Waals surface area contributed by atoms with Gasteiger partial charge in [-0.2, -0.15) is 0 Å². The number of allylic oxidation sites excluding steroid dienone is 5. The van der Waals surface area contributed by atoms with Gasteiger partial charge in [0, 0.05) is 6.42 Å². The molecule has 0 amide bonds. The average Bonchev–Trinajstić information content (AvgIpc) is 2.40. The highest BCUT2D eigenvalue weighted by Crippen LogP contribution is 2.22. The lowest BCUT2D eigenvalue weighted by atomic mass is 10.0. The van der Waals surface area contributed by atoms with Crippen molar-refractivity contribution in [2.75, 3.05) is 0 Å². The third-order valence-corrected chi connectivity index (χ3v) is 3.63. The van der Waals surface area contributed by atoms with Crippen molar-refractivity contribution in [2.24, 2.45) is 0 Å². The molecule has 0 unspecified atom stereocenters. The Morgan fingerprint density at radius 1 is 0.680 bits per heavy atom. The number of carbonyl (C=O) groups excluding carboxylic acids is 1. The van der Waals surface area contributed by atoms with Crippen molar-refractivity contribution in [1.82, 2.24) is 0 Å². The molecule has 7 nitrogen and oxygen atoms in total. The van der Waals surface area contributed by atoms with E-state index in [4.69, 9.17) is 30.6 Å². The van der Waals surface area contributed by atoms with Gasteiger partial charge in [-0.25, -0.2) is 0 Å². The van der Waals surface area contributed by atoms with Crippen molar-refractivity contribution in [1.29, 1.82) is 0 Å². The second-order valence-corrected chi connectivity index (χ2v) is 6.31. The van der Waals surface area contributed by atoms with Gasteiger partial charge in [0.1, 0.15) is 11.4 Å². The number of rotatable bonds is 11. The molecular weight excluding hydrogens is 328 g/mol. The molecule has 25 heavy (non-hydrogen) atoms. The number of hydrogen-bond acceptors (Lipinski definition) is 7. The molecule has 6 N–H and O–H groups in total. The van der Waals surface area contributed by atoms with Crippen molar-refractivity contribution in [2.45, 2.75) is 71.2 Å². The van der Waals surface area contributed by atoms with Crippen molar-refractivity contribution in [3.63, 3.8) is 0 Å². The molecular formula is C18H30O7. The molecule has 0 fully saturated rings. The Hall–Kier alpha value is -1.35. The summed E-state index contributed by atoms with van der Waals surface area (Å²) in [5, 5.41) is 54.0. The maximum Gasteiger partial charge on any atom is 0.308 e. The van der Waals surface area contributed by atoms with Crippen LogP contribution in [0.4, 0.5) is 0 Å². The van der Waals surface area contributed by atoms with E-state index in [1.807, 2.05) is 26.0 Å². The highest BCUT2D eigenvalue weighted by molar-refractivity contribution is 5.75. The third-order valence-electron chi connectivity index (χ3n) is 3.63. The molecule has 0 aliphatic carbocycles. The average molecular weight is 358 g/mol. The Balaban J connectivity index is 4.45. The topological polar surface area (TPSA) is 138 Å². The summed E-state index contributed by atoms with van der Waals surface area (Å²) in [6, 6.07) is 0. The SMILES string of the molecule is CC(=O)CCC=C(C)CCC=C(C)CCC=C(C(O)(O)O)C(O)(O)O. The lowest BCUT2D eigenvalue weighted by Crippen LogP contribution is -2.44. The van der Waals surface area contributed by atoms with Crippen molar-refractivity contribution in [3.05, 3.63) is 34.9 Å². The van der Waals surface area contributed by atoms with Crippen molar-refractivity contribution in [3.8, 4) is 0 Å². The van der Waals surface area contributed by atoms with Gasteiger partial charge in [0.25, 0.3) is 0 Å². The van der Waals surface area contributed by atoms with Gasteiger partial charge < -0.3 is 35.4 Å². The van der Waals surface area contributed by atoms with Gasteiger partial charge in [0.2, 0.25) is 0 Å². The second kappa shape index (κ2) is 10.6. The Morgan fingerprint density at radius 2 is 1.04 bits per heavy atom. The first-order valence-corrected chi connectivity index (χ1v) is 8.20. The summed E-state index contributed by atoms with van der Waals surface area (Å²) in [6.07, 6.45) is 8.61. The molecule has 0 spiro atoms. The van der Waals surface area contributed by atoms with E-state index < -0.39 is 17.5 Å². The van der Waals surface area contributed by atoms with Gasteiger partial charge in [0.15, 0.2) is 0 Å². The summed E-state index contributed by atoms with van der Waals surface area (Å²) in [5.74, 6) is -6.86. The van der Waals surface area contributed by atoms with Crippen LogP contribution < -0.4 is 0 Å². The van der Waals surface area contributed by atoms with Crippen LogP contribution in [0.1, 0.15) is 59.3 Å². The fourth-order valence-electron chi connectivity index (χ4n) is 2.22. The minimum absolute atomic E-state index is 0.165. The maximum absolute atomic E-state index is 10.9. The summed E-state index contributed by atoms with van der Waals surface area (Å²) in [6.45, 7) is 5.44. The molecule has 0 aromatic heterocycles. The molecule has 0 rings (SSSR count). The van der Waals surface area contributed by atoms with Crippen molar-refractivity contribution >= 4 is 5.78 Å². The smallest absolute Gasteiger partial charge is 0.308 e. The lowest BCUT2D eigenvalue weighted by Gasteiger charge is -2.25. The fraction of sp³-hybridized carbons (Fsp3) is 0.611. The summed E-state index contributed by atoms with van der Waals surface area (Å²) >= 11 is 0. The van der Waals surface area contributed by atoms with Crippen LogP contribution in [0.3, 0.4) is 0 Å². The predicted octanol–water partition coefficient (Wildman–Crippen LogP) is 0.996. The lowest BCUT2D eigenvalue weighted by molar-refractivity contribution is -0.351. The van der Waals surface area contributed by atoms with E-state index >= 15 is 0 Å². The van der Waals surface area contributed by atoms with Gasteiger partial charge in [-0.15, -0.1) is 0 Å². The summed E-state index contributed by atoms with van der Waals surface area (Å²) < 4.78 is 0. The first-order valence-electron chi connectivity index (χ1n) is 8.20. The number of ketones is 1. The van der Waals surface area contributed by atoms with Gasteiger partial charge in [-0.05, 0) is 52.9 Å². The van der Waals surface area contributed by atoms with E-state index in [-0.39, 0.29) is 12.2 Å². The third kappa shape index (κ3) is 11.8. The van der Waals surface area contributed by atoms with Crippen LogP contribution in [-0.2, 0) is 4.79 Å². The van der Waals surface area contributed by atoms with Crippen LogP contribution >= 0.6 is 0 Å². The van der Waals surface area contributed by atoms with Crippen LogP contribution in [-0.4, -0.2) is 48.4 Å². The second-order valence-electron chi connectivity index (χ2n) is 6.31. The molecule has 0 aromatic carbocycles. The minimum Gasteiger partial charge on any atom is -0.340 e. The highest BCUT2D eigenvalue weighted by Gasteiger charge is 2.40.